The Kier molecular flexibility index (Phi) is 3.93. The van der Waals surface area contributed by atoms with Crippen LogP contribution in [-0.4, -0.2) is 33.3 Å². The molecule has 0 aliphatic carbocycles. The quantitative estimate of drug-likeness (QED) is 0.682. The molecule has 1 fully saturated rings. The smallest absolute Gasteiger partial charge is 0.399 e. The Morgan fingerprint density at radius 2 is 1.65 bits per heavy atom. The maximum atomic E-state index is 6.30. The number of hydrogen-bond acceptors (Lipinski definition) is 4. The van der Waals surface area contributed by atoms with Crippen molar-refractivity contribution in [2.75, 3.05) is 0 Å². The summed E-state index contributed by atoms with van der Waals surface area (Å²) in [6, 6.07) is 14.4. The van der Waals surface area contributed by atoms with Crippen molar-refractivity contribution in [2.45, 2.75) is 52.4 Å². The van der Waals surface area contributed by atoms with Gasteiger partial charge in [-0.2, -0.15) is 0 Å². The van der Waals surface area contributed by atoms with Crippen LogP contribution in [0.1, 0.15) is 38.8 Å². The molecule has 26 heavy (non-hydrogen) atoms. The van der Waals surface area contributed by atoms with E-state index in [9.17, 15) is 0 Å². The molecule has 2 heterocycles. The molecule has 0 bridgehead atoms. The maximum Gasteiger partial charge on any atom is 0.497 e. The van der Waals surface area contributed by atoms with E-state index in [0.29, 0.717) is 6.54 Å². The highest BCUT2D eigenvalue weighted by atomic mass is 16.7. The van der Waals surface area contributed by atoms with Crippen LogP contribution in [0.4, 0.5) is 0 Å². The normalized spacial score (nSPS) is 18.6. The summed E-state index contributed by atoms with van der Waals surface area (Å²) in [6.07, 6.45) is 0. The lowest BCUT2D eigenvalue weighted by Gasteiger charge is -2.32. The lowest BCUT2D eigenvalue weighted by atomic mass is 9.77. The fraction of sp³-hybridized carbons (Fsp3) is 0.400. The van der Waals surface area contributed by atoms with Gasteiger partial charge in [0, 0.05) is 5.46 Å². The number of nitrogens with zero attached hydrogens (tertiary/aromatic N) is 3. The average molecular weight is 349 g/mol. The zero-order valence-corrected chi connectivity index (χ0v) is 16.0. The molecule has 1 saturated heterocycles. The van der Waals surface area contributed by atoms with Crippen molar-refractivity contribution in [3.8, 4) is 0 Å². The summed E-state index contributed by atoms with van der Waals surface area (Å²) < 4.78 is 14.5. The molecule has 4 rings (SSSR count). The summed E-state index contributed by atoms with van der Waals surface area (Å²) in [5.41, 5.74) is 4.36. The molecule has 1 aliphatic heterocycles. The van der Waals surface area contributed by atoms with Crippen LogP contribution in [0, 0.1) is 6.92 Å². The van der Waals surface area contributed by atoms with Gasteiger partial charge in [0.2, 0.25) is 0 Å². The average Bonchev–Trinajstić information content (AvgIpc) is 3.05. The number of hydrogen-bond donors (Lipinski definition) is 0. The Hall–Kier alpha value is -2.18. The van der Waals surface area contributed by atoms with Gasteiger partial charge in [0.15, 0.2) is 0 Å². The molecule has 1 aliphatic rings. The minimum Gasteiger partial charge on any atom is -0.399 e. The molecule has 134 valence electrons. The summed E-state index contributed by atoms with van der Waals surface area (Å²) in [6.45, 7) is 11.0. The van der Waals surface area contributed by atoms with E-state index in [0.717, 1.165) is 22.1 Å². The highest BCUT2D eigenvalue weighted by Gasteiger charge is 2.52. The van der Waals surface area contributed by atoms with Gasteiger partial charge in [0.05, 0.1) is 23.3 Å². The number of aromatic nitrogens is 3. The summed E-state index contributed by atoms with van der Waals surface area (Å²) >= 11 is 0. The largest absolute Gasteiger partial charge is 0.497 e. The van der Waals surface area contributed by atoms with Crippen LogP contribution in [-0.2, 0) is 15.9 Å². The fourth-order valence-electron chi connectivity index (χ4n) is 3.31. The van der Waals surface area contributed by atoms with Crippen LogP contribution in [0.2, 0.25) is 0 Å². The first-order chi connectivity index (χ1) is 12.3. The van der Waals surface area contributed by atoms with Crippen LogP contribution in [0.25, 0.3) is 11.0 Å². The zero-order valence-electron chi connectivity index (χ0n) is 16.0. The first-order valence-electron chi connectivity index (χ1n) is 9.00. The van der Waals surface area contributed by atoms with Crippen molar-refractivity contribution >= 4 is 23.6 Å². The first-order valence-corrected chi connectivity index (χ1v) is 9.00. The van der Waals surface area contributed by atoms with E-state index in [1.807, 2.05) is 22.9 Å². The Morgan fingerprint density at radius 3 is 2.31 bits per heavy atom. The van der Waals surface area contributed by atoms with Crippen molar-refractivity contribution < 1.29 is 9.31 Å². The lowest BCUT2D eigenvalue weighted by molar-refractivity contribution is 0.00578. The second-order valence-corrected chi connectivity index (χ2v) is 8.04. The minimum atomic E-state index is -0.435. The number of benzene rings is 2. The molecule has 0 N–H and O–H groups in total. The van der Waals surface area contributed by atoms with Gasteiger partial charge in [-0.1, -0.05) is 41.6 Å². The van der Waals surface area contributed by atoms with Gasteiger partial charge in [0.1, 0.15) is 5.52 Å². The Morgan fingerprint density at radius 1 is 1.00 bits per heavy atom. The predicted octanol–water partition coefficient (Wildman–Crippen LogP) is 3.09. The van der Waals surface area contributed by atoms with Crippen LogP contribution in [0.15, 0.2) is 42.5 Å². The monoisotopic (exact) mass is 349 g/mol. The fourth-order valence-corrected chi connectivity index (χ4v) is 3.31. The van der Waals surface area contributed by atoms with Gasteiger partial charge < -0.3 is 9.31 Å². The second-order valence-electron chi connectivity index (χ2n) is 8.04. The molecule has 0 saturated carbocycles. The van der Waals surface area contributed by atoms with Crippen LogP contribution < -0.4 is 5.46 Å². The first kappa shape index (κ1) is 17.2. The number of rotatable bonds is 3. The summed E-state index contributed by atoms with van der Waals surface area (Å²) in [5.74, 6) is 0. The van der Waals surface area contributed by atoms with Crippen molar-refractivity contribution in [3.63, 3.8) is 0 Å². The van der Waals surface area contributed by atoms with Crippen LogP contribution in [0.3, 0.4) is 0 Å². The number of aryl methyl sites for hydroxylation is 1. The molecular weight excluding hydrogens is 325 g/mol. The van der Waals surface area contributed by atoms with Gasteiger partial charge in [0.25, 0.3) is 0 Å². The molecule has 0 spiro atoms. The minimum absolute atomic E-state index is 0.383. The highest BCUT2D eigenvalue weighted by Crippen LogP contribution is 2.37. The second kappa shape index (κ2) is 5.93. The van der Waals surface area contributed by atoms with Gasteiger partial charge in [-0.3, -0.25) is 0 Å². The SMILES string of the molecule is Cc1cc(B2OC(C)(C)C(C)(C)O2)c2c(c1)nnn2Cc1ccccc1. The molecule has 6 heteroatoms. The molecular formula is C20H24BN3O2. The van der Waals surface area contributed by atoms with Crippen molar-refractivity contribution in [1.29, 1.82) is 0 Å². The summed E-state index contributed by atoms with van der Waals surface area (Å²) in [4.78, 5) is 0. The van der Waals surface area contributed by atoms with Crippen LogP contribution >= 0.6 is 0 Å². The highest BCUT2D eigenvalue weighted by molar-refractivity contribution is 6.65. The topological polar surface area (TPSA) is 49.2 Å². The molecule has 0 unspecified atom stereocenters. The summed E-state index contributed by atoms with van der Waals surface area (Å²) in [5, 5.41) is 8.77. The molecule has 1 aromatic heterocycles. The van der Waals surface area contributed by atoms with E-state index >= 15 is 0 Å². The van der Waals surface area contributed by atoms with E-state index < -0.39 is 7.12 Å². The third-order valence-electron chi connectivity index (χ3n) is 5.46. The van der Waals surface area contributed by atoms with Gasteiger partial charge in [-0.05, 0) is 51.8 Å². The van der Waals surface area contributed by atoms with Gasteiger partial charge in [-0.15, -0.1) is 5.10 Å². The lowest BCUT2D eigenvalue weighted by Crippen LogP contribution is -2.41. The summed E-state index contributed by atoms with van der Waals surface area (Å²) in [7, 11) is -0.435. The standard InChI is InChI=1S/C20H24BN3O2/c1-14-11-16(21-25-19(2,3)20(4,5)26-21)18-17(12-14)22-23-24(18)13-15-9-7-6-8-10-15/h6-12H,13H2,1-5H3. The van der Waals surface area contributed by atoms with Gasteiger partial charge in [-0.25, -0.2) is 4.68 Å². The molecule has 0 amide bonds. The van der Waals surface area contributed by atoms with E-state index in [2.05, 4.69) is 69.2 Å². The van der Waals surface area contributed by atoms with E-state index in [1.165, 1.54) is 5.56 Å². The van der Waals surface area contributed by atoms with E-state index in [4.69, 9.17) is 9.31 Å². The third-order valence-corrected chi connectivity index (χ3v) is 5.46. The van der Waals surface area contributed by atoms with Crippen molar-refractivity contribution in [3.05, 3.63) is 53.6 Å². The number of fused-ring (bicyclic) bond motifs is 1. The van der Waals surface area contributed by atoms with E-state index in [-0.39, 0.29) is 11.2 Å². The third kappa shape index (κ3) is 2.83. The Balaban J connectivity index is 1.81. The molecule has 0 atom stereocenters. The molecule has 5 nitrogen and oxygen atoms in total. The van der Waals surface area contributed by atoms with Crippen LogP contribution in [0.5, 0.6) is 0 Å². The molecule has 0 radical (unpaired) electrons. The Labute approximate surface area is 154 Å². The maximum absolute atomic E-state index is 6.30. The van der Waals surface area contributed by atoms with E-state index in [1.54, 1.807) is 0 Å². The van der Waals surface area contributed by atoms with Crippen molar-refractivity contribution in [2.24, 2.45) is 0 Å². The van der Waals surface area contributed by atoms with Crippen molar-refractivity contribution in [1.82, 2.24) is 15.0 Å². The molecule has 2 aromatic carbocycles. The zero-order chi connectivity index (χ0) is 18.5. The predicted molar refractivity (Wildman–Crippen MR) is 104 cm³/mol. The molecule has 3 aromatic rings. The Bertz CT molecular complexity index is 934. The van der Waals surface area contributed by atoms with Gasteiger partial charge >= 0.3 is 7.12 Å².